The van der Waals surface area contributed by atoms with E-state index in [9.17, 15) is 9.90 Å². The average Bonchev–Trinajstić information content (AvgIpc) is 2.59. The largest absolute Gasteiger partial charge is 0.481 e. The van der Waals surface area contributed by atoms with Crippen LogP contribution in [-0.4, -0.2) is 59.1 Å². The van der Waals surface area contributed by atoms with Crippen molar-refractivity contribution < 1.29 is 9.90 Å². The van der Waals surface area contributed by atoms with E-state index in [0.717, 1.165) is 19.6 Å². The quantitative estimate of drug-likeness (QED) is 0.849. The number of carboxylic acid groups (broad SMARTS) is 1. The second kappa shape index (κ2) is 6.23. The average molecular weight is 268 g/mol. The highest BCUT2D eigenvalue weighted by atomic mass is 16.4. The first-order chi connectivity index (χ1) is 8.99. The minimum Gasteiger partial charge on any atom is -0.481 e. The van der Waals surface area contributed by atoms with Crippen molar-refractivity contribution in [3.05, 3.63) is 0 Å². The summed E-state index contributed by atoms with van der Waals surface area (Å²) in [6.07, 6.45) is 3.66. The molecule has 1 unspecified atom stereocenters. The van der Waals surface area contributed by atoms with Crippen LogP contribution in [0.2, 0.25) is 0 Å². The van der Waals surface area contributed by atoms with Crippen LogP contribution in [0.25, 0.3) is 0 Å². The van der Waals surface area contributed by atoms with Gasteiger partial charge >= 0.3 is 5.97 Å². The topological polar surface area (TPSA) is 43.8 Å². The zero-order valence-corrected chi connectivity index (χ0v) is 12.5. The lowest BCUT2D eigenvalue weighted by atomic mass is 9.99. The predicted molar refractivity (Wildman–Crippen MR) is 76.2 cm³/mol. The summed E-state index contributed by atoms with van der Waals surface area (Å²) in [5.74, 6) is -0.487. The number of rotatable bonds is 3. The van der Waals surface area contributed by atoms with Gasteiger partial charge in [-0.05, 0) is 52.1 Å². The molecule has 19 heavy (non-hydrogen) atoms. The molecule has 0 spiro atoms. The lowest BCUT2D eigenvalue weighted by Crippen LogP contribution is -2.36. The van der Waals surface area contributed by atoms with Crippen LogP contribution < -0.4 is 0 Å². The monoisotopic (exact) mass is 268 g/mol. The zero-order chi connectivity index (χ0) is 14.0. The molecule has 3 atom stereocenters. The number of likely N-dealkylation sites (tertiary alicyclic amines) is 2. The van der Waals surface area contributed by atoms with E-state index in [1.165, 1.54) is 25.8 Å². The van der Waals surface area contributed by atoms with Gasteiger partial charge in [0, 0.05) is 25.2 Å². The maximum Gasteiger partial charge on any atom is 0.308 e. The first-order valence-corrected chi connectivity index (χ1v) is 7.70. The minimum absolute atomic E-state index is 0.163. The van der Waals surface area contributed by atoms with Crippen LogP contribution in [0.1, 0.15) is 40.0 Å². The summed E-state index contributed by atoms with van der Waals surface area (Å²) in [6.45, 7) is 10.7. The number of aliphatic carboxylic acids is 1. The third-order valence-corrected chi connectivity index (χ3v) is 4.94. The Hall–Kier alpha value is -0.610. The molecule has 0 amide bonds. The molecule has 110 valence electrons. The number of carbonyl (C=O) groups is 1. The van der Waals surface area contributed by atoms with Crippen LogP contribution in [-0.2, 0) is 4.79 Å². The van der Waals surface area contributed by atoms with E-state index in [1.807, 2.05) is 0 Å². The van der Waals surface area contributed by atoms with Crippen LogP contribution in [0, 0.1) is 11.8 Å². The van der Waals surface area contributed by atoms with Crippen molar-refractivity contribution in [3.8, 4) is 0 Å². The van der Waals surface area contributed by atoms with Crippen molar-refractivity contribution in [1.29, 1.82) is 0 Å². The molecule has 2 saturated heterocycles. The third-order valence-electron chi connectivity index (χ3n) is 4.94. The van der Waals surface area contributed by atoms with E-state index in [2.05, 4.69) is 30.6 Å². The zero-order valence-electron chi connectivity index (χ0n) is 12.5. The smallest absolute Gasteiger partial charge is 0.308 e. The second-order valence-corrected chi connectivity index (χ2v) is 6.59. The molecular weight excluding hydrogens is 240 g/mol. The van der Waals surface area contributed by atoms with Crippen molar-refractivity contribution in [3.63, 3.8) is 0 Å². The van der Waals surface area contributed by atoms with Gasteiger partial charge in [0.15, 0.2) is 0 Å². The Balaban J connectivity index is 1.91. The van der Waals surface area contributed by atoms with Gasteiger partial charge in [0.2, 0.25) is 0 Å². The molecule has 0 bridgehead atoms. The Morgan fingerprint density at radius 2 is 1.95 bits per heavy atom. The first-order valence-electron chi connectivity index (χ1n) is 7.70. The normalized spacial score (nSPS) is 34.6. The molecule has 2 aliphatic rings. The van der Waals surface area contributed by atoms with E-state index in [0.29, 0.717) is 18.0 Å². The van der Waals surface area contributed by atoms with Gasteiger partial charge in [-0.15, -0.1) is 0 Å². The fourth-order valence-corrected chi connectivity index (χ4v) is 3.61. The van der Waals surface area contributed by atoms with Gasteiger partial charge in [-0.3, -0.25) is 9.69 Å². The SMILES string of the molecule is CC(C)N1CCCC(N2C[C@@H](C)[C@H](C(=O)O)C2)CC1. The van der Waals surface area contributed by atoms with Crippen molar-refractivity contribution in [2.45, 2.75) is 52.1 Å². The fourth-order valence-electron chi connectivity index (χ4n) is 3.61. The van der Waals surface area contributed by atoms with Crippen molar-refractivity contribution in [2.24, 2.45) is 11.8 Å². The van der Waals surface area contributed by atoms with Crippen LogP contribution in [0.3, 0.4) is 0 Å². The highest BCUT2D eigenvalue weighted by Gasteiger charge is 2.37. The Morgan fingerprint density at radius 3 is 2.53 bits per heavy atom. The first kappa shape index (κ1) is 14.8. The lowest BCUT2D eigenvalue weighted by Gasteiger charge is -2.28. The van der Waals surface area contributed by atoms with Crippen LogP contribution in [0.15, 0.2) is 0 Å². The Morgan fingerprint density at radius 1 is 1.21 bits per heavy atom. The highest BCUT2D eigenvalue weighted by molar-refractivity contribution is 5.71. The van der Waals surface area contributed by atoms with Gasteiger partial charge < -0.3 is 10.0 Å². The van der Waals surface area contributed by atoms with Gasteiger partial charge in [-0.2, -0.15) is 0 Å². The van der Waals surface area contributed by atoms with E-state index >= 15 is 0 Å². The van der Waals surface area contributed by atoms with Crippen LogP contribution >= 0.6 is 0 Å². The van der Waals surface area contributed by atoms with Gasteiger partial charge in [-0.1, -0.05) is 6.92 Å². The summed E-state index contributed by atoms with van der Waals surface area (Å²) in [5.41, 5.74) is 0. The summed E-state index contributed by atoms with van der Waals surface area (Å²) in [7, 11) is 0. The molecule has 1 N–H and O–H groups in total. The molecule has 0 radical (unpaired) electrons. The van der Waals surface area contributed by atoms with Crippen molar-refractivity contribution >= 4 is 5.97 Å². The number of nitrogens with zero attached hydrogens (tertiary/aromatic N) is 2. The second-order valence-electron chi connectivity index (χ2n) is 6.59. The van der Waals surface area contributed by atoms with E-state index in [1.54, 1.807) is 0 Å². The minimum atomic E-state index is -0.618. The Labute approximate surface area is 116 Å². The molecule has 4 nitrogen and oxygen atoms in total. The summed E-state index contributed by atoms with van der Waals surface area (Å²) < 4.78 is 0. The maximum absolute atomic E-state index is 11.2. The molecule has 2 heterocycles. The van der Waals surface area contributed by atoms with Gasteiger partial charge in [-0.25, -0.2) is 0 Å². The maximum atomic E-state index is 11.2. The molecule has 4 heteroatoms. The lowest BCUT2D eigenvalue weighted by molar-refractivity contribution is -0.142. The number of carboxylic acids is 1. The molecule has 2 rings (SSSR count). The highest BCUT2D eigenvalue weighted by Crippen LogP contribution is 2.28. The van der Waals surface area contributed by atoms with Crippen molar-refractivity contribution in [1.82, 2.24) is 9.80 Å². The van der Waals surface area contributed by atoms with Gasteiger partial charge in [0.1, 0.15) is 0 Å². The molecule has 0 saturated carbocycles. The molecule has 0 aromatic heterocycles. The summed E-state index contributed by atoms with van der Waals surface area (Å²) >= 11 is 0. The summed E-state index contributed by atoms with van der Waals surface area (Å²) in [5, 5.41) is 9.24. The van der Waals surface area contributed by atoms with E-state index < -0.39 is 5.97 Å². The van der Waals surface area contributed by atoms with E-state index in [4.69, 9.17) is 0 Å². The summed E-state index contributed by atoms with van der Waals surface area (Å²) in [6, 6.07) is 1.22. The standard InChI is InChI=1S/C15H28N2O2/c1-11(2)16-7-4-5-13(6-8-16)17-9-12(3)14(10-17)15(18)19/h11-14H,4-10H2,1-3H3,(H,18,19)/t12-,13?,14-/m1/s1. The number of hydrogen-bond acceptors (Lipinski definition) is 3. The fraction of sp³-hybridized carbons (Fsp3) is 0.933. The van der Waals surface area contributed by atoms with Crippen LogP contribution in [0.4, 0.5) is 0 Å². The molecular formula is C15H28N2O2. The van der Waals surface area contributed by atoms with Crippen LogP contribution in [0.5, 0.6) is 0 Å². The van der Waals surface area contributed by atoms with E-state index in [-0.39, 0.29) is 5.92 Å². The molecule has 2 fully saturated rings. The third kappa shape index (κ3) is 3.48. The molecule has 0 aliphatic carbocycles. The Kier molecular flexibility index (Phi) is 4.85. The molecule has 0 aromatic carbocycles. The predicted octanol–water partition coefficient (Wildman–Crippen LogP) is 1.90. The van der Waals surface area contributed by atoms with Gasteiger partial charge in [0.05, 0.1) is 5.92 Å². The van der Waals surface area contributed by atoms with Crippen molar-refractivity contribution in [2.75, 3.05) is 26.2 Å². The van der Waals surface area contributed by atoms with Gasteiger partial charge in [0.25, 0.3) is 0 Å². The molecule has 2 aliphatic heterocycles. The Bertz CT molecular complexity index is 319. The summed E-state index contributed by atoms with van der Waals surface area (Å²) in [4.78, 5) is 16.2. The number of hydrogen-bond donors (Lipinski definition) is 1. The molecule has 0 aromatic rings.